The molecule has 0 aliphatic carbocycles. The summed E-state index contributed by atoms with van der Waals surface area (Å²) in [5, 5.41) is 18.7. The molecular weight excluding hydrogens is 376 g/mol. The van der Waals surface area contributed by atoms with Crippen molar-refractivity contribution in [2.75, 3.05) is 6.54 Å². The van der Waals surface area contributed by atoms with Crippen LogP contribution in [-0.2, 0) is 6.54 Å². The lowest BCUT2D eigenvalue weighted by molar-refractivity contribution is 0.429. The van der Waals surface area contributed by atoms with Crippen molar-refractivity contribution in [3.8, 4) is 22.5 Å². The van der Waals surface area contributed by atoms with Crippen molar-refractivity contribution in [2.24, 2.45) is 11.7 Å². The number of aromatic nitrogens is 7. The zero-order valence-corrected chi connectivity index (χ0v) is 17.2. The zero-order chi connectivity index (χ0) is 20.9. The summed E-state index contributed by atoms with van der Waals surface area (Å²) in [7, 11) is 0. The van der Waals surface area contributed by atoms with Gasteiger partial charge in [0.25, 0.3) is 0 Å². The second-order valence-corrected chi connectivity index (χ2v) is 7.70. The Labute approximate surface area is 175 Å². The number of nitrogens with two attached hydrogens (primary N) is 1. The van der Waals surface area contributed by atoms with Crippen LogP contribution >= 0.6 is 0 Å². The molecule has 4 rings (SSSR count). The van der Waals surface area contributed by atoms with Gasteiger partial charge in [0.05, 0.1) is 6.54 Å². The van der Waals surface area contributed by atoms with Crippen molar-refractivity contribution < 1.29 is 0 Å². The van der Waals surface area contributed by atoms with Crippen molar-refractivity contribution in [1.82, 2.24) is 35.4 Å². The Bertz CT molecular complexity index is 1070. The number of benzene rings is 2. The van der Waals surface area contributed by atoms with Gasteiger partial charge in [-0.3, -0.25) is 0 Å². The van der Waals surface area contributed by atoms with Crippen molar-refractivity contribution >= 4 is 0 Å². The van der Waals surface area contributed by atoms with Crippen LogP contribution < -0.4 is 5.73 Å². The van der Waals surface area contributed by atoms with Crippen LogP contribution in [0.15, 0.2) is 54.9 Å². The quantitative estimate of drug-likeness (QED) is 0.468. The molecule has 8 nitrogen and oxygen atoms in total. The Morgan fingerprint density at radius 1 is 1.03 bits per heavy atom. The van der Waals surface area contributed by atoms with Gasteiger partial charge in [-0.25, -0.2) is 14.8 Å². The van der Waals surface area contributed by atoms with Gasteiger partial charge in [0.15, 0.2) is 5.82 Å². The van der Waals surface area contributed by atoms with E-state index < -0.39 is 0 Å². The summed E-state index contributed by atoms with van der Waals surface area (Å²) in [5.74, 6) is 2.42. The maximum Gasteiger partial charge on any atom is 0.180 e. The van der Waals surface area contributed by atoms with E-state index in [1.54, 1.807) is 6.33 Å². The highest BCUT2D eigenvalue weighted by atomic mass is 15.5. The average Bonchev–Trinajstić information content (AvgIpc) is 3.45. The summed E-state index contributed by atoms with van der Waals surface area (Å²) >= 11 is 0. The van der Waals surface area contributed by atoms with Gasteiger partial charge >= 0.3 is 0 Å². The molecule has 0 radical (unpaired) electrons. The molecule has 0 saturated heterocycles. The first-order valence-electron chi connectivity index (χ1n) is 10.2. The van der Waals surface area contributed by atoms with Crippen LogP contribution in [0.5, 0.6) is 0 Å². The van der Waals surface area contributed by atoms with E-state index in [0.29, 0.717) is 30.7 Å². The van der Waals surface area contributed by atoms with Gasteiger partial charge in [-0.1, -0.05) is 62.4 Å². The molecule has 0 saturated carbocycles. The van der Waals surface area contributed by atoms with Crippen molar-refractivity contribution in [2.45, 2.75) is 32.7 Å². The summed E-state index contributed by atoms with van der Waals surface area (Å²) in [4.78, 5) is 4.53. The molecule has 1 unspecified atom stereocenters. The Kier molecular flexibility index (Phi) is 5.94. The van der Waals surface area contributed by atoms with E-state index in [0.717, 1.165) is 28.9 Å². The van der Waals surface area contributed by atoms with Gasteiger partial charge in [0.2, 0.25) is 0 Å². The minimum absolute atomic E-state index is 0.305. The minimum Gasteiger partial charge on any atom is -0.330 e. The third kappa shape index (κ3) is 4.13. The number of tetrazole rings is 1. The van der Waals surface area contributed by atoms with Crippen molar-refractivity contribution in [3.05, 3.63) is 66.2 Å². The number of aromatic amines is 1. The minimum atomic E-state index is 0.305. The first kappa shape index (κ1) is 19.9. The molecule has 0 spiro atoms. The monoisotopic (exact) mass is 402 g/mol. The van der Waals surface area contributed by atoms with Crippen LogP contribution in [0.3, 0.4) is 0 Å². The summed E-state index contributed by atoms with van der Waals surface area (Å²) in [5.41, 5.74) is 10.1. The first-order valence-corrected chi connectivity index (χ1v) is 10.2. The van der Waals surface area contributed by atoms with Crippen molar-refractivity contribution in [1.29, 1.82) is 0 Å². The molecule has 3 N–H and O–H groups in total. The average molecular weight is 403 g/mol. The molecule has 1 atom stereocenters. The Morgan fingerprint density at radius 3 is 2.47 bits per heavy atom. The van der Waals surface area contributed by atoms with Crippen LogP contribution in [0.1, 0.15) is 37.6 Å². The molecule has 4 aromatic rings. The molecule has 2 heterocycles. The first-order chi connectivity index (χ1) is 14.7. The molecule has 2 aromatic heterocycles. The zero-order valence-electron chi connectivity index (χ0n) is 17.2. The van der Waals surface area contributed by atoms with Crippen LogP contribution in [-0.4, -0.2) is 41.9 Å². The fraction of sp³-hybridized carbons (Fsp3) is 0.318. The topological polar surface area (TPSA) is 111 Å². The number of hydrogen-bond donors (Lipinski definition) is 2. The van der Waals surface area contributed by atoms with E-state index >= 15 is 0 Å². The highest BCUT2D eigenvalue weighted by molar-refractivity contribution is 5.80. The second-order valence-electron chi connectivity index (χ2n) is 7.70. The van der Waals surface area contributed by atoms with Gasteiger partial charge in [-0.2, -0.15) is 5.10 Å². The smallest absolute Gasteiger partial charge is 0.180 e. The maximum absolute atomic E-state index is 5.82. The van der Waals surface area contributed by atoms with Gasteiger partial charge in [-0.05, 0) is 46.0 Å². The lowest BCUT2D eigenvalue weighted by Gasteiger charge is -2.20. The lowest BCUT2D eigenvalue weighted by Crippen LogP contribution is -2.18. The number of H-pyrrole nitrogens is 1. The molecule has 8 heteroatoms. The third-order valence-electron chi connectivity index (χ3n) is 5.38. The molecule has 30 heavy (non-hydrogen) atoms. The highest BCUT2D eigenvalue weighted by Gasteiger charge is 2.21. The maximum atomic E-state index is 5.82. The van der Waals surface area contributed by atoms with Crippen LogP contribution in [0.2, 0.25) is 0 Å². The molecule has 0 aliphatic rings. The largest absolute Gasteiger partial charge is 0.330 e. The molecule has 0 amide bonds. The summed E-state index contributed by atoms with van der Waals surface area (Å²) in [6.07, 6.45) is 2.54. The summed E-state index contributed by atoms with van der Waals surface area (Å²) in [6.45, 7) is 5.73. The van der Waals surface area contributed by atoms with Crippen molar-refractivity contribution in [3.63, 3.8) is 0 Å². The van der Waals surface area contributed by atoms with E-state index in [1.165, 1.54) is 5.56 Å². The SMILES string of the molecule is CC(C)C(CCN)c1ncnn1Cc1ccc(-c2ccccc2-c2nnn[nH]2)cc1. The van der Waals surface area contributed by atoms with Crippen LogP contribution in [0.4, 0.5) is 0 Å². The second kappa shape index (κ2) is 8.96. The fourth-order valence-corrected chi connectivity index (χ4v) is 3.80. The van der Waals surface area contributed by atoms with Gasteiger partial charge in [0, 0.05) is 11.5 Å². The van der Waals surface area contributed by atoms with E-state index in [-0.39, 0.29) is 0 Å². The summed E-state index contributed by atoms with van der Waals surface area (Å²) < 4.78 is 1.99. The third-order valence-corrected chi connectivity index (χ3v) is 5.38. The van der Waals surface area contributed by atoms with E-state index in [2.05, 4.69) is 74.9 Å². The fourth-order valence-electron chi connectivity index (χ4n) is 3.80. The predicted molar refractivity (Wildman–Crippen MR) is 115 cm³/mol. The lowest BCUT2D eigenvalue weighted by atomic mass is 9.91. The number of hydrogen-bond acceptors (Lipinski definition) is 6. The molecule has 0 fully saturated rings. The molecule has 0 aliphatic heterocycles. The van der Waals surface area contributed by atoms with Crippen LogP contribution in [0, 0.1) is 5.92 Å². The van der Waals surface area contributed by atoms with Gasteiger partial charge < -0.3 is 5.73 Å². The predicted octanol–water partition coefficient (Wildman–Crippen LogP) is 3.26. The Hall–Kier alpha value is -3.39. The van der Waals surface area contributed by atoms with E-state index in [1.807, 2.05) is 22.9 Å². The van der Waals surface area contributed by atoms with Crippen LogP contribution in [0.25, 0.3) is 22.5 Å². The molecule has 2 aromatic carbocycles. The van der Waals surface area contributed by atoms with E-state index in [4.69, 9.17) is 5.73 Å². The molecular formula is C22H26N8. The standard InChI is InChI=1S/C22H26N8/c1-15(2)18(11-12-23)22-24-14-25-30(22)13-16-7-9-17(10-8-16)19-5-3-4-6-20(19)21-26-28-29-27-21/h3-10,14-15,18H,11-13,23H2,1-2H3,(H,26,27,28,29). The molecule has 154 valence electrons. The number of rotatable bonds is 8. The summed E-state index contributed by atoms with van der Waals surface area (Å²) in [6, 6.07) is 16.6. The highest BCUT2D eigenvalue weighted by Crippen LogP contribution is 2.30. The van der Waals surface area contributed by atoms with Gasteiger partial charge in [-0.15, -0.1) is 5.10 Å². The number of nitrogens with one attached hydrogen (secondary N) is 1. The Balaban J connectivity index is 1.58. The van der Waals surface area contributed by atoms with Gasteiger partial charge in [0.1, 0.15) is 12.2 Å². The normalized spacial score (nSPS) is 12.4. The molecule has 0 bridgehead atoms. The Morgan fingerprint density at radius 2 is 1.80 bits per heavy atom. The number of nitrogens with zero attached hydrogens (tertiary/aromatic N) is 6. The van der Waals surface area contributed by atoms with E-state index in [9.17, 15) is 0 Å².